The predicted molar refractivity (Wildman–Crippen MR) is 82.7 cm³/mol. The van der Waals surface area contributed by atoms with Crippen LogP contribution in [0.2, 0.25) is 0 Å². The Morgan fingerprint density at radius 1 is 1.45 bits per heavy atom. The van der Waals surface area contributed by atoms with Gasteiger partial charge in [0.05, 0.1) is 23.9 Å². The fraction of sp³-hybridized carbons (Fsp3) is 0.429. The first-order valence-corrected chi connectivity index (χ1v) is 7.90. The molecule has 0 bridgehead atoms. The van der Waals surface area contributed by atoms with E-state index in [2.05, 4.69) is 4.98 Å². The predicted octanol–water partition coefficient (Wildman–Crippen LogP) is 3.74. The Bertz CT molecular complexity index is 622. The van der Waals surface area contributed by atoms with E-state index in [-0.39, 0.29) is 5.97 Å². The first-order valence-electron chi connectivity index (χ1n) is 6.27. The number of hydrogen-bond acceptors (Lipinski definition) is 6. The number of rotatable bonds is 5. The molecule has 0 aliphatic carbocycles. The molecule has 2 rings (SSSR count). The van der Waals surface area contributed by atoms with Gasteiger partial charge in [-0.05, 0) is 32.9 Å². The number of ether oxygens (including phenoxy) is 2. The van der Waals surface area contributed by atoms with Crippen LogP contribution in [0.1, 0.15) is 20.8 Å². The third-order valence-corrected chi connectivity index (χ3v) is 4.96. The molecule has 1 aromatic carbocycles. The molecule has 0 radical (unpaired) electrons. The van der Waals surface area contributed by atoms with Gasteiger partial charge in [0.1, 0.15) is 10.5 Å². The van der Waals surface area contributed by atoms with Crippen molar-refractivity contribution in [3.63, 3.8) is 0 Å². The molecule has 108 valence electrons. The zero-order chi connectivity index (χ0) is 14.8. The summed E-state index contributed by atoms with van der Waals surface area (Å²) in [6.07, 6.45) is 0. The molecule has 0 aliphatic heterocycles. The molecular formula is C14H17NO3S2. The van der Waals surface area contributed by atoms with Gasteiger partial charge in [-0.1, -0.05) is 11.8 Å². The van der Waals surface area contributed by atoms with E-state index in [0.29, 0.717) is 6.61 Å². The van der Waals surface area contributed by atoms with E-state index in [0.717, 1.165) is 20.3 Å². The van der Waals surface area contributed by atoms with Gasteiger partial charge in [0, 0.05) is 6.07 Å². The number of methoxy groups -OCH3 is 1. The van der Waals surface area contributed by atoms with Gasteiger partial charge in [0.15, 0.2) is 4.34 Å². The van der Waals surface area contributed by atoms with Crippen molar-refractivity contribution in [2.45, 2.75) is 29.9 Å². The summed E-state index contributed by atoms with van der Waals surface area (Å²) < 4.78 is 11.6. The Kier molecular flexibility index (Phi) is 4.55. The van der Waals surface area contributed by atoms with Crippen LogP contribution in [0.4, 0.5) is 0 Å². The van der Waals surface area contributed by atoms with Crippen molar-refractivity contribution in [3.8, 4) is 5.75 Å². The normalized spacial score (nSPS) is 11.6. The molecule has 0 aliphatic rings. The number of carbonyl (C=O) groups excluding carboxylic acids is 1. The monoisotopic (exact) mass is 311 g/mol. The van der Waals surface area contributed by atoms with Crippen molar-refractivity contribution in [2.75, 3.05) is 13.7 Å². The molecule has 1 heterocycles. The van der Waals surface area contributed by atoms with Crippen LogP contribution in [0, 0.1) is 0 Å². The van der Waals surface area contributed by atoms with Crippen LogP contribution in [0.3, 0.4) is 0 Å². The van der Waals surface area contributed by atoms with Crippen LogP contribution in [0.25, 0.3) is 10.2 Å². The quantitative estimate of drug-likeness (QED) is 0.622. The van der Waals surface area contributed by atoms with Crippen LogP contribution in [0.15, 0.2) is 22.5 Å². The van der Waals surface area contributed by atoms with Gasteiger partial charge in [-0.25, -0.2) is 4.98 Å². The number of thioether (sulfide) groups is 1. The highest BCUT2D eigenvalue weighted by atomic mass is 32.2. The van der Waals surface area contributed by atoms with Gasteiger partial charge in [-0.15, -0.1) is 11.3 Å². The maximum atomic E-state index is 11.9. The topological polar surface area (TPSA) is 48.4 Å². The first kappa shape index (κ1) is 15.1. The molecule has 20 heavy (non-hydrogen) atoms. The summed E-state index contributed by atoms with van der Waals surface area (Å²) in [5.41, 5.74) is 0.886. The summed E-state index contributed by atoms with van der Waals surface area (Å²) in [6.45, 7) is 5.90. The molecule has 1 aromatic heterocycles. The maximum Gasteiger partial charge on any atom is 0.322 e. The average Bonchev–Trinajstić information content (AvgIpc) is 2.78. The van der Waals surface area contributed by atoms with E-state index in [4.69, 9.17) is 9.47 Å². The molecular weight excluding hydrogens is 294 g/mol. The third kappa shape index (κ3) is 3.24. The second-order valence-electron chi connectivity index (χ2n) is 4.65. The van der Waals surface area contributed by atoms with Gasteiger partial charge in [0.25, 0.3) is 0 Å². The lowest BCUT2D eigenvalue weighted by molar-refractivity contribution is -0.145. The van der Waals surface area contributed by atoms with Gasteiger partial charge >= 0.3 is 5.97 Å². The molecule has 0 amide bonds. The standard InChI is InChI=1S/C14H17NO3S2/c1-5-18-12(16)14(2,3)20-13-15-10-8-9(17-4)6-7-11(10)19-13/h6-8H,5H2,1-4H3. The Balaban J connectivity index is 2.23. The zero-order valence-corrected chi connectivity index (χ0v) is 13.6. The molecule has 0 atom stereocenters. The molecule has 0 fully saturated rings. The zero-order valence-electron chi connectivity index (χ0n) is 11.9. The van der Waals surface area contributed by atoms with Crippen LogP contribution < -0.4 is 4.74 Å². The number of nitrogens with zero attached hydrogens (tertiary/aromatic N) is 1. The van der Waals surface area contributed by atoms with Crippen LogP contribution in [-0.4, -0.2) is 29.4 Å². The number of carbonyl (C=O) groups is 1. The van der Waals surface area contributed by atoms with Crippen LogP contribution in [-0.2, 0) is 9.53 Å². The molecule has 0 N–H and O–H groups in total. The second kappa shape index (κ2) is 6.01. The Labute approximate surface area is 126 Å². The number of thiazole rings is 1. The third-order valence-electron chi connectivity index (χ3n) is 2.68. The van der Waals surface area contributed by atoms with E-state index in [1.54, 1.807) is 18.4 Å². The minimum absolute atomic E-state index is 0.221. The summed E-state index contributed by atoms with van der Waals surface area (Å²) in [5, 5.41) is 0. The van der Waals surface area contributed by atoms with E-state index in [1.807, 2.05) is 39.0 Å². The van der Waals surface area contributed by atoms with Crippen molar-refractivity contribution in [1.82, 2.24) is 4.98 Å². The number of hydrogen-bond donors (Lipinski definition) is 0. The fourth-order valence-electron chi connectivity index (χ4n) is 1.62. The number of benzene rings is 1. The fourth-order valence-corrected chi connectivity index (χ4v) is 4.08. The highest BCUT2D eigenvalue weighted by molar-refractivity contribution is 8.03. The lowest BCUT2D eigenvalue weighted by Gasteiger charge is -2.19. The average molecular weight is 311 g/mol. The van der Waals surface area contributed by atoms with Crippen LogP contribution >= 0.6 is 23.1 Å². The van der Waals surface area contributed by atoms with E-state index in [1.165, 1.54) is 11.8 Å². The van der Waals surface area contributed by atoms with E-state index < -0.39 is 4.75 Å². The number of esters is 1. The summed E-state index contributed by atoms with van der Waals surface area (Å²) in [4.78, 5) is 16.4. The summed E-state index contributed by atoms with van der Waals surface area (Å²) in [7, 11) is 1.63. The minimum Gasteiger partial charge on any atom is -0.497 e. The second-order valence-corrected chi connectivity index (χ2v) is 7.55. The number of aromatic nitrogens is 1. The van der Waals surface area contributed by atoms with Gasteiger partial charge in [-0.2, -0.15) is 0 Å². The smallest absolute Gasteiger partial charge is 0.322 e. The first-order chi connectivity index (χ1) is 9.46. The summed E-state index contributed by atoms with van der Waals surface area (Å²) in [5.74, 6) is 0.561. The molecule has 0 saturated carbocycles. The molecule has 4 nitrogen and oxygen atoms in total. The van der Waals surface area contributed by atoms with Gasteiger partial charge < -0.3 is 9.47 Å². The van der Waals surface area contributed by atoms with Crippen molar-refractivity contribution in [3.05, 3.63) is 18.2 Å². The van der Waals surface area contributed by atoms with Crippen LogP contribution in [0.5, 0.6) is 5.75 Å². The van der Waals surface area contributed by atoms with Gasteiger partial charge in [-0.3, -0.25) is 4.79 Å². The molecule has 0 spiro atoms. The molecule has 6 heteroatoms. The van der Waals surface area contributed by atoms with Crippen molar-refractivity contribution in [2.24, 2.45) is 0 Å². The Morgan fingerprint density at radius 2 is 2.20 bits per heavy atom. The van der Waals surface area contributed by atoms with Crippen molar-refractivity contribution < 1.29 is 14.3 Å². The lowest BCUT2D eigenvalue weighted by Crippen LogP contribution is -2.29. The maximum absolute atomic E-state index is 11.9. The largest absolute Gasteiger partial charge is 0.497 e. The highest BCUT2D eigenvalue weighted by Gasteiger charge is 2.31. The van der Waals surface area contributed by atoms with E-state index >= 15 is 0 Å². The number of fused-ring (bicyclic) bond motifs is 1. The lowest BCUT2D eigenvalue weighted by atomic mass is 10.2. The Morgan fingerprint density at radius 3 is 2.85 bits per heavy atom. The Hall–Kier alpha value is -1.27. The van der Waals surface area contributed by atoms with Gasteiger partial charge in [0.2, 0.25) is 0 Å². The van der Waals surface area contributed by atoms with Crippen molar-refractivity contribution in [1.29, 1.82) is 0 Å². The summed E-state index contributed by atoms with van der Waals surface area (Å²) in [6, 6.07) is 5.78. The highest BCUT2D eigenvalue weighted by Crippen LogP contribution is 2.38. The van der Waals surface area contributed by atoms with Crippen molar-refractivity contribution >= 4 is 39.3 Å². The SMILES string of the molecule is CCOC(=O)C(C)(C)Sc1nc2cc(OC)ccc2s1. The minimum atomic E-state index is -0.645. The molecule has 0 saturated heterocycles. The van der Waals surface area contributed by atoms with E-state index in [9.17, 15) is 4.79 Å². The molecule has 2 aromatic rings. The molecule has 0 unspecified atom stereocenters. The summed E-state index contributed by atoms with van der Waals surface area (Å²) >= 11 is 2.99.